The molecule has 0 saturated carbocycles. The minimum absolute atomic E-state index is 0.142. The van der Waals surface area contributed by atoms with Crippen molar-refractivity contribution < 1.29 is 14.6 Å². The molecule has 0 atom stereocenters. The van der Waals surface area contributed by atoms with Crippen molar-refractivity contribution in [3.05, 3.63) is 73.8 Å². The summed E-state index contributed by atoms with van der Waals surface area (Å²) in [5, 5.41) is 14.8. The van der Waals surface area contributed by atoms with Crippen molar-refractivity contribution in [3.63, 3.8) is 0 Å². The standard InChI is InChI=1S/C14H8Cl2N2O4/c15-11-6-5-9(7-12(11)16)14(19)22-17-8-10-3-1-2-4-13(10)18(20)21/h1-8H/b17-8-. The van der Waals surface area contributed by atoms with Crippen LogP contribution in [0.15, 0.2) is 47.6 Å². The van der Waals surface area contributed by atoms with Gasteiger partial charge in [0.05, 0.1) is 32.3 Å². The normalized spacial score (nSPS) is 10.6. The van der Waals surface area contributed by atoms with Crippen LogP contribution in [0, 0.1) is 10.1 Å². The van der Waals surface area contributed by atoms with Crippen molar-refractivity contribution >= 4 is 41.1 Å². The van der Waals surface area contributed by atoms with Crippen LogP contribution in [0.1, 0.15) is 15.9 Å². The Labute approximate surface area is 135 Å². The fourth-order valence-corrected chi connectivity index (χ4v) is 1.87. The molecule has 22 heavy (non-hydrogen) atoms. The number of halogens is 2. The number of hydrogen-bond donors (Lipinski definition) is 0. The summed E-state index contributed by atoms with van der Waals surface area (Å²) in [6.07, 6.45) is 1.09. The molecule has 2 aromatic rings. The Hall–Kier alpha value is -2.44. The predicted octanol–water partition coefficient (Wildman–Crippen LogP) is 4.09. The molecule has 0 spiro atoms. The maximum absolute atomic E-state index is 11.7. The highest BCUT2D eigenvalue weighted by Gasteiger charge is 2.12. The van der Waals surface area contributed by atoms with Crippen LogP contribution in [0.4, 0.5) is 5.69 Å². The fraction of sp³-hybridized carbons (Fsp3) is 0. The van der Waals surface area contributed by atoms with E-state index in [1.807, 2.05) is 0 Å². The van der Waals surface area contributed by atoms with Gasteiger partial charge in [0.25, 0.3) is 5.69 Å². The van der Waals surface area contributed by atoms with Crippen LogP contribution < -0.4 is 0 Å². The van der Waals surface area contributed by atoms with Gasteiger partial charge < -0.3 is 4.84 Å². The Morgan fingerprint density at radius 1 is 1.18 bits per heavy atom. The fourth-order valence-electron chi connectivity index (χ4n) is 1.57. The Morgan fingerprint density at radius 2 is 1.91 bits per heavy atom. The first-order chi connectivity index (χ1) is 10.5. The molecule has 8 heteroatoms. The summed E-state index contributed by atoms with van der Waals surface area (Å²) in [6, 6.07) is 10.2. The quantitative estimate of drug-likeness (QED) is 0.363. The van der Waals surface area contributed by atoms with Crippen LogP contribution in [0.25, 0.3) is 0 Å². The number of benzene rings is 2. The van der Waals surface area contributed by atoms with E-state index in [9.17, 15) is 14.9 Å². The highest BCUT2D eigenvalue weighted by Crippen LogP contribution is 2.23. The highest BCUT2D eigenvalue weighted by atomic mass is 35.5. The van der Waals surface area contributed by atoms with Crippen LogP contribution in [0.2, 0.25) is 10.0 Å². The molecule has 0 unspecified atom stereocenters. The number of nitro benzene ring substituents is 1. The third-order valence-electron chi connectivity index (χ3n) is 2.62. The first-order valence-corrected chi connectivity index (χ1v) is 6.68. The number of carbonyl (C=O) groups is 1. The van der Waals surface area contributed by atoms with Crippen molar-refractivity contribution in [1.29, 1.82) is 0 Å². The molecule has 2 aromatic carbocycles. The molecule has 0 radical (unpaired) electrons. The van der Waals surface area contributed by atoms with Crippen LogP contribution >= 0.6 is 23.2 Å². The molecule has 2 rings (SSSR count). The maximum atomic E-state index is 11.7. The van der Waals surface area contributed by atoms with Crippen LogP contribution in [-0.4, -0.2) is 17.1 Å². The topological polar surface area (TPSA) is 81.8 Å². The lowest BCUT2D eigenvalue weighted by atomic mass is 10.2. The second-order valence-corrected chi connectivity index (χ2v) is 4.87. The van der Waals surface area contributed by atoms with Gasteiger partial charge in [-0.2, -0.15) is 0 Å². The van der Waals surface area contributed by atoms with E-state index in [0.717, 1.165) is 6.21 Å². The second-order valence-electron chi connectivity index (χ2n) is 4.06. The predicted molar refractivity (Wildman–Crippen MR) is 82.6 cm³/mol. The van der Waals surface area contributed by atoms with Crippen molar-refractivity contribution in [3.8, 4) is 0 Å². The van der Waals surface area contributed by atoms with E-state index in [-0.39, 0.29) is 21.8 Å². The summed E-state index contributed by atoms with van der Waals surface area (Å²) in [7, 11) is 0. The molecule has 0 amide bonds. The molecule has 6 nitrogen and oxygen atoms in total. The molecule has 0 N–H and O–H groups in total. The van der Waals surface area contributed by atoms with Crippen molar-refractivity contribution in [2.24, 2.45) is 5.16 Å². The van der Waals surface area contributed by atoms with Crippen molar-refractivity contribution in [1.82, 2.24) is 0 Å². The summed E-state index contributed by atoms with van der Waals surface area (Å²) >= 11 is 11.5. The van der Waals surface area contributed by atoms with Gasteiger partial charge in [-0.15, -0.1) is 0 Å². The summed E-state index contributed by atoms with van der Waals surface area (Å²) in [5.41, 5.74) is 0.236. The Balaban J connectivity index is 2.11. The van der Waals surface area contributed by atoms with Gasteiger partial charge >= 0.3 is 5.97 Å². The number of hydrogen-bond acceptors (Lipinski definition) is 5. The Kier molecular flexibility index (Phi) is 5.08. The van der Waals surface area contributed by atoms with E-state index in [2.05, 4.69) is 9.99 Å². The molecule has 0 saturated heterocycles. The van der Waals surface area contributed by atoms with E-state index < -0.39 is 10.9 Å². The zero-order chi connectivity index (χ0) is 16.1. The SMILES string of the molecule is O=C(O/N=C\c1ccccc1[N+](=O)[O-])c1ccc(Cl)c(Cl)c1. The van der Waals surface area contributed by atoms with E-state index in [1.165, 1.54) is 36.4 Å². The summed E-state index contributed by atoms with van der Waals surface area (Å²) in [6.45, 7) is 0. The van der Waals surface area contributed by atoms with Gasteiger partial charge in [-0.25, -0.2) is 4.79 Å². The van der Waals surface area contributed by atoms with Crippen molar-refractivity contribution in [2.45, 2.75) is 0 Å². The van der Waals surface area contributed by atoms with E-state index in [0.29, 0.717) is 5.02 Å². The minimum Gasteiger partial charge on any atom is -0.313 e. The highest BCUT2D eigenvalue weighted by molar-refractivity contribution is 6.42. The molecule has 0 aliphatic rings. The van der Waals surface area contributed by atoms with Crippen LogP contribution in [0.3, 0.4) is 0 Å². The molecule has 0 aromatic heterocycles. The number of rotatable bonds is 4. The van der Waals surface area contributed by atoms with E-state index in [4.69, 9.17) is 23.2 Å². The summed E-state index contributed by atoms with van der Waals surface area (Å²) in [5.74, 6) is -0.756. The van der Waals surface area contributed by atoms with Crippen LogP contribution in [0.5, 0.6) is 0 Å². The zero-order valence-corrected chi connectivity index (χ0v) is 12.4. The van der Waals surface area contributed by atoms with Crippen LogP contribution in [-0.2, 0) is 4.84 Å². The average Bonchev–Trinajstić information content (AvgIpc) is 2.50. The van der Waals surface area contributed by atoms with Crippen molar-refractivity contribution in [2.75, 3.05) is 0 Å². The summed E-state index contributed by atoms with van der Waals surface area (Å²) < 4.78 is 0. The smallest absolute Gasteiger partial charge is 0.313 e. The number of oxime groups is 1. The molecule has 0 fully saturated rings. The lowest BCUT2D eigenvalue weighted by Crippen LogP contribution is -2.01. The van der Waals surface area contributed by atoms with Gasteiger partial charge in [0.2, 0.25) is 0 Å². The Bertz CT molecular complexity index is 762. The number of para-hydroxylation sites is 1. The lowest BCUT2D eigenvalue weighted by Gasteiger charge is -2.00. The van der Waals surface area contributed by atoms with Gasteiger partial charge in [-0.05, 0) is 24.3 Å². The molecule has 0 aliphatic heterocycles. The Morgan fingerprint density at radius 3 is 2.59 bits per heavy atom. The monoisotopic (exact) mass is 338 g/mol. The number of nitro groups is 1. The number of carbonyl (C=O) groups excluding carboxylic acids is 1. The minimum atomic E-state index is -0.756. The first kappa shape index (κ1) is 15.9. The lowest BCUT2D eigenvalue weighted by molar-refractivity contribution is -0.385. The third kappa shape index (κ3) is 3.81. The largest absolute Gasteiger partial charge is 0.365 e. The zero-order valence-electron chi connectivity index (χ0n) is 10.9. The number of nitrogens with zero attached hydrogens (tertiary/aromatic N) is 2. The molecule has 0 aliphatic carbocycles. The van der Waals surface area contributed by atoms with Gasteiger partial charge in [0, 0.05) is 6.07 Å². The van der Waals surface area contributed by atoms with Gasteiger partial charge in [-0.1, -0.05) is 40.5 Å². The average molecular weight is 339 g/mol. The molecule has 0 bridgehead atoms. The molecular formula is C14H8Cl2N2O4. The molecule has 0 heterocycles. The molecular weight excluding hydrogens is 331 g/mol. The van der Waals surface area contributed by atoms with Gasteiger partial charge in [0.15, 0.2) is 0 Å². The maximum Gasteiger partial charge on any atom is 0.365 e. The third-order valence-corrected chi connectivity index (χ3v) is 3.36. The van der Waals surface area contributed by atoms with E-state index >= 15 is 0 Å². The first-order valence-electron chi connectivity index (χ1n) is 5.92. The van der Waals surface area contributed by atoms with E-state index in [1.54, 1.807) is 6.07 Å². The second kappa shape index (κ2) is 7.02. The van der Waals surface area contributed by atoms with Gasteiger partial charge in [0.1, 0.15) is 0 Å². The summed E-state index contributed by atoms with van der Waals surface area (Å²) in [4.78, 5) is 26.7. The van der Waals surface area contributed by atoms with Gasteiger partial charge in [-0.3, -0.25) is 10.1 Å². The molecule has 112 valence electrons.